The van der Waals surface area contributed by atoms with Crippen molar-refractivity contribution in [1.29, 1.82) is 0 Å². The summed E-state index contributed by atoms with van der Waals surface area (Å²) in [7, 11) is -3.72. The van der Waals surface area contributed by atoms with Crippen LogP contribution in [0, 0.1) is 0 Å². The van der Waals surface area contributed by atoms with Crippen LogP contribution in [0.5, 0.6) is 0 Å². The largest absolute Gasteiger partial charge is 0.368 e. The van der Waals surface area contributed by atoms with E-state index >= 15 is 0 Å². The third-order valence-electron chi connectivity index (χ3n) is 5.07. The van der Waals surface area contributed by atoms with Crippen LogP contribution < -0.4 is 10.2 Å². The monoisotopic (exact) mass is 432 g/mol. The van der Waals surface area contributed by atoms with Crippen LogP contribution in [0.4, 0.5) is 11.4 Å². The van der Waals surface area contributed by atoms with Gasteiger partial charge in [0.05, 0.1) is 5.69 Å². The van der Waals surface area contributed by atoms with Crippen molar-refractivity contribution in [2.45, 2.75) is 17.7 Å². The lowest BCUT2D eigenvalue weighted by Crippen LogP contribution is -2.48. The highest BCUT2D eigenvalue weighted by Gasteiger charge is 2.26. The Morgan fingerprint density at radius 1 is 1.03 bits per heavy atom. The number of fused-ring (bicyclic) bond motifs is 1. The molecule has 2 heterocycles. The lowest BCUT2D eigenvalue weighted by atomic mass is 10.2. The van der Waals surface area contributed by atoms with E-state index in [2.05, 4.69) is 14.6 Å². The Morgan fingerprint density at radius 2 is 1.72 bits per heavy atom. The molecule has 0 aliphatic carbocycles. The number of carbonyl (C=O) groups excluding carboxylic acids is 1. The Kier molecular flexibility index (Phi) is 5.47. The van der Waals surface area contributed by atoms with Gasteiger partial charge < -0.3 is 15.1 Å². The zero-order chi connectivity index (χ0) is 20.4. The second kappa shape index (κ2) is 8.04. The van der Waals surface area contributed by atoms with Gasteiger partial charge in [-0.25, -0.2) is 0 Å². The van der Waals surface area contributed by atoms with Crippen LogP contribution in [-0.2, 0) is 14.8 Å². The molecule has 7 nitrogen and oxygen atoms in total. The summed E-state index contributed by atoms with van der Waals surface area (Å²) in [5.74, 6) is 0.304. The number of piperazine rings is 1. The van der Waals surface area contributed by atoms with E-state index in [9.17, 15) is 13.2 Å². The first kappa shape index (κ1) is 19.7. The predicted octanol–water partition coefficient (Wildman–Crippen LogP) is 2.98. The summed E-state index contributed by atoms with van der Waals surface area (Å²) in [5, 5.41) is 3.73. The number of sulfonamides is 1. The average Bonchev–Trinajstić information content (AvgIpc) is 2.72. The Labute approximate surface area is 175 Å². The first-order valence-electron chi connectivity index (χ1n) is 9.40. The second-order valence-electron chi connectivity index (χ2n) is 6.98. The van der Waals surface area contributed by atoms with Crippen LogP contribution in [0.1, 0.15) is 12.8 Å². The van der Waals surface area contributed by atoms with Gasteiger partial charge in [0.2, 0.25) is 5.91 Å². The summed E-state index contributed by atoms with van der Waals surface area (Å²) in [6, 6.07) is 14.3. The molecule has 1 fully saturated rings. The molecule has 2 aromatic carbocycles. The third-order valence-corrected chi connectivity index (χ3v) is 6.70. The predicted molar refractivity (Wildman–Crippen MR) is 114 cm³/mol. The minimum Gasteiger partial charge on any atom is -0.368 e. The van der Waals surface area contributed by atoms with E-state index in [1.54, 1.807) is 18.2 Å². The quantitative estimate of drug-likeness (QED) is 0.803. The molecule has 0 unspecified atom stereocenters. The number of benzene rings is 2. The number of carbonyl (C=O) groups is 1. The fraction of sp³-hybridized carbons (Fsp3) is 0.300. The summed E-state index contributed by atoms with van der Waals surface area (Å²) in [4.78, 5) is 16.8. The minimum atomic E-state index is -3.72. The van der Waals surface area contributed by atoms with Crippen molar-refractivity contribution in [3.8, 4) is 0 Å². The number of hydrogen-bond acceptors (Lipinski definition) is 5. The van der Waals surface area contributed by atoms with Gasteiger partial charge >= 0.3 is 0 Å². The van der Waals surface area contributed by atoms with E-state index < -0.39 is 10.0 Å². The summed E-state index contributed by atoms with van der Waals surface area (Å²) in [6.07, 6.45) is 0.467. The Morgan fingerprint density at radius 3 is 2.45 bits per heavy atom. The molecule has 1 amide bonds. The Bertz CT molecular complexity index is 1050. The van der Waals surface area contributed by atoms with Crippen molar-refractivity contribution in [3.63, 3.8) is 0 Å². The number of nitrogens with one attached hydrogen (secondary N) is 1. The maximum atomic E-state index is 12.6. The molecule has 29 heavy (non-hydrogen) atoms. The van der Waals surface area contributed by atoms with Gasteiger partial charge in [-0.05, 0) is 36.4 Å². The molecule has 0 bridgehead atoms. The summed E-state index contributed by atoms with van der Waals surface area (Å²) in [5.41, 5.74) is 1.59. The zero-order valence-electron chi connectivity index (χ0n) is 15.7. The van der Waals surface area contributed by atoms with Crippen LogP contribution in [0.25, 0.3) is 0 Å². The van der Waals surface area contributed by atoms with Crippen LogP contribution >= 0.6 is 11.6 Å². The second-order valence-corrected chi connectivity index (χ2v) is 8.99. The Balaban J connectivity index is 1.32. The van der Waals surface area contributed by atoms with E-state index in [1.807, 2.05) is 29.2 Å². The maximum Gasteiger partial charge on any atom is 0.286 e. The first-order chi connectivity index (χ1) is 13.9. The number of amidine groups is 1. The Hall–Kier alpha value is -2.58. The molecule has 1 N–H and O–H groups in total. The number of amides is 1. The molecule has 1 saturated heterocycles. The standard InChI is InChI=1S/C20H21ClN4O3S/c21-15-5-7-16(8-6-15)24-11-13-25(14-12-24)20(26)10-9-19-22-17-3-1-2-4-18(17)29(27,28)23-19/h1-8H,9-14H2,(H,22,23). The van der Waals surface area contributed by atoms with Crippen molar-refractivity contribution >= 4 is 44.7 Å². The molecule has 2 aromatic rings. The molecule has 0 atom stereocenters. The fourth-order valence-electron chi connectivity index (χ4n) is 3.52. The molecular weight excluding hydrogens is 412 g/mol. The molecule has 152 valence electrons. The summed E-state index contributed by atoms with van der Waals surface area (Å²) in [6.45, 7) is 2.74. The van der Waals surface area contributed by atoms with Crippen molar-refractivity contribution in [2.75, 3.05) is 36.4 Å². The number of anilines is 2. The number of nitrogens with zero attached hydrogens (tertiary/aromatic N) is 3. The summed E-state index contributed by atoms with van der Waals surface area (Å²) < 4.78 is 28.4. The average molecular weight is 433 g/mol. The van der Waals surface area contributed by atoms with E-state index in [1.165, 1.54) is 6.07 Å². The third kappa shape index (κ3) is 4.38. The van der Waals surface area contributed by atoms with Crippen molar-refractivity contribution in [3.05, 3.63) is 53.6 Å². The SMILES string of the molecule is O=C(CCC1=NS(=O)(=O)c2ccccc2N1)N1CCN(c2ccc(Cl)cc2)CC1. The van der Waals surface area contributed by atoms with Crippen LogP contribution in [-0.4, -0.2) is 51.2 Å². The van der Waals surface area contributed by atoms with Crippen molar-refractivity contribution < 1.29 is 13.2 Å². The zero-order valence-corrected chi connectivity index (χ0v) is 17.3. The molecule has 0 saturated carbocycles. The molecule has 0 radical (unpaired) electrons. The number of para-hydroxylation sites is 1. The molecular formula is C20H21ClN4O3S. The minimum absolute atomic E-state index is 0.00140. The van der Waals surface area contributed by atoms with E-state index in [4.69, 9.17) is 11.6 Å². The number of halogens is 1. The molecule has 9 heteroatoms. The molecule has 2 aliphatic heterocycles. The normalized spacial score (nSPS) is 17.9. The molecule has 4 rings (SSSR count). The van der Waals surface area contributed by atoms with Gasteiger partial charge in [0.15, 0.2) is 0 Å². The lowest BCUT2D eigenvalue weighted by molar-refractivity contribution is -0.131. The molecule has 0 aromatic heterocycles. The first-order valence-corrected chi connectivity index (χ1v) is 11.2. The van der Waals surface area contributed by atoms with Gasteiger partial charge in [0.25, 0.3) is 10.0 Å². The van der Waals surface area contributed by atoms with E-state index in [0.717, 1.165) is 18.8 Å². The van der Waals surface area contributed by atoms with Gasteiger partial charge in [-0.1, -0.05) is 23.7 Å². The maximum absolute atomic E-state index is 12.6. The van der Waals surface area contributed by atoms with Crippen molar-refractivity contribution in [1.82, 2.24) is 4.90 Å². The van der Waals surface area contributed by atoms with Crippen LogP contribution in [0.3, 0.4) is 0 Å². The highest BCUT2D eigenvalue weighted by molar-refractivity contribution is 7.90. The summed E-state index contributed by atoms with van der Waals surface area (Å²) >= 11 is 5.94. The fourth-order valence-corrected chi connectivity index (χ4v) is 4.82. The lowest BCUT2D eigenvalue weighted by Gasteiger charge is -2.36. The van der Waals surface area contributed by atoms with E-state index in [-0.39, 0.29) is 23.6 Å². The van der Waals surface area contributed by atoms with Gasteiger partial charge in [-0.2, -0.15) is 8.42 Å². The van der Waals surface area contributed by atoms with Crippen molar-refractivity contribution in [2.24, 2.45) is 4.40 Å². The van der Waals surface area contributed by atoms with Gasteiger partial charge in [-0.15, -0.1) is 4.40 Å². The number of hydrogen-bond donors (Lipinski definition) is 1. The van der Waals surface area contributed by atoms with Gasteiger partial charge in [0, 0.05) is 49.7 Å². The topological polar surface area (TPSA) is 82.1 Å². The smallest absolute Gasteiger partial charge is 0.286 e. The van der Waals surface area contributed by atoms with E-state index in [0.29, 0.717) is 29.6 Å². The van der Waals surface area contributed by atoms with Gasteiger partial charge in [-0.3, -0.25) is 4.79 Å². The molecule has 0 spiro atoms. The highest BCUT2D eigenvalue weighted by Crippen LogP contribution is 2.27. The van der Waals surface area contributed by atoms with Crippen LogP contribution in [0.2, 0.25) is 5.02 Å². The highest BCUT2D eigenvalue weighted by atomic mass is 35.5. The number of rotatable bonds is 4. The van der Waals surface area contributed by atoms with Gasteiger partial charge in [0.1, 0.15) is 10.7 Å². The molecule has 2 aliphatic rings. The van der Waals surface area contributed by atoms with Crippen LogP contribution in [0.15, 0.2) is 57.8 Å².